The predicted octanol–water partition coefficient (Wildman–Crippen LogP) is 3.48. The number of rotatable bonds is 7. The summed E-state index contributed by atoms with van der Waals surface area (Å²) in [6, 6.07) is 4.62. The Morgan fingerprint density at radius 1 is 1.29 bits per heavy atom. The first-order valence-corrected chi connectivity index (χ1v) is 6.95. The summed E-state index contributed by atoms with van der Waals surface area (Å²) in [5.74, 6) is -0.420. The number of ether oxygens (including phenoxy) is 1. The van der Waals surface area contributed by atoms with Crippen molar-refractivity contribution >= 4 is 5.71 Å². The summed E-state index contributed by atoms with van der Waals surface area (Å²) < 4.78 is 55.8. The number of oxime groups is 1. The van der Waals surface area contributed by atoms with Gasteiger partial charge in [0.25, 0.3) is 0 Å². The largest absolute Gasteiger partial charge is 0.573 e. The maximum absolute atomic E-state index is 14.6. The van der Waals surface area contributed by atoms with Gasteiger partial charge in [0.15, 0.2) is 0 Å². The minimum Gasteiger partial charge on any atom is -0.406 e. The summed E-state index contributed by atoms with van der Waals surface area (Å²) in [5, 5.41) is 7.41. The average molecular weight is 346 g/mol. The van der Waals surface area contributed by atoms with Crippen molar-refractivity contribution in [2.45, 2.75) is 26.0 Å². The fraction of sp³-hybridized carbons (Fsp3) is 0.357. The lowest BCUT2D eigenvalue weighted by atomic mass is 10.1. The molecule has 10 heteroatoms. The molecule has 130 valence electrons. The molecule has 1 aromatic carbocycles. The number of alkyl halides is 4. The Bertz CT molecular complexity index is 656. The van der Waals surface area contributed by atoms with Gasteiger partial charge in [0.05, 0.1) is 0 Å². The normalized spacial score (nSPS) is 13.6. The lowest BCUT2D eigenvalue weighted by Crippen LogP contribution is -2.19. The Labute approximate surface area is 134 Å². The molecule has 1 aromatic heterocycles. The minimum absolute atomic E-state index is 0.146. The van der Waals surface area contributed by atoms with Crippen LogP contribution in [0.3, 0.4) is 0 Å². The third-order valence-electron chi connectivity index (χ3n) is 2.74. The third kappa shape index (κ3) is 4.93. The fourth-order valence-corrected chi connectivity index (χ4v) is 1.73. The second-order valence-electron chi connectivity index (χ2n) is 4.59. The zero-order valence-corrected chi connectivity index (χ0v) is 12.6. The molecule has 0 saturated heterocycles. The van der Waals surface area contributed by atoms with Crippen LogP contribution in [0.2, 0.25) is 0 Å². The van der Waals surface area contributed by atoms with Crippen LogP contribution in [0.25, 0.3) is 0 Å². The molecule has 2 aromatic rings. The van der Waals surface area contributed by atoms with Crippen LogP contribution < -0.4 is 4.74 Å². The molecule has 0 saturated carbocycles. The topological polar surface area (TPSA) is 61.5 Å². The van der Waals surface area contributed by atoms with E-state index in [2.05, 4.69) is 20.0 Å². The number of nitrogens with zero attached hydrogens (tertiary/aromatic N) is 4. The molecule has 0 fully saturated rings. The van der Waals surface area contributed by atoms with Crippen LogP contribution >= 0.6 is 0 Å². The Balaban J connectivity index is 2.25. The molecule has 24 heavy (non-hydrogen) atoms. The van der Waals surface area contributed by atoms with Crippen molar-refractivity contribution in [3.8, 4) is 5.75 Å². The van der Waals surface area contributed by atoms with E-state index in [4.69, 9.17) is 4.84 Å². The second kappa shape index (κ2) is 7.75. The van der Waals surface area contributed by atoms with Crippen molar-refractivity contribution in [2.24, 2.45) is 5.16 Å². The Morgan fingerprint density at radius 2 is 2.00 bits per heavy atom. The summed E-state index contributed by atoms with van der Waals surface area (Å²) in [6.07, 6.45) is -3.64. The second-order valence-corrected chi connectivity index (χ2v) is 4.59. The van der Waals surface area contributed by atoms with Crippen LogP contribution in [0.4, 0.5) is 17.6 Å². The first-order valence-electron chi connectivity index (χ1n) is 6.95. The van der Waals surface area contributed by atoms with E-state index in [1.54, 1.807) is 0 Å². The molecular weight excluding hydrogens is 332 g/mol. The van der Waals surface area contributed by atoms with E-state index in [-0.39, 0.29) is 17.9 Å². The summed E-state index contributed by atoms with van der Waals surface area (Å²) >= 11 is 0. The van der Waals surface area contributed by atoms with E-state index in [1.807, 2.05) is 6.92 Å². The number of hydrogen-bond acceptors (Lipinski definition) is 5. The summed E-state index contributed by atoms with van der Waals surface area (Å²) in [4.78, 5) is 8.65. The van der Waals surface area contributed by atoms with Crippen molar-refractivity contribution in [2.75, 3.05) is 6.61 Å². The standard InChI is InChI=1S/C14H14F4N4O2/c1-2-7-23-21-12(13(15)22-9-19-8-20-22)10-3-5-11(6-4-10)24-14(16,17)18/h3-6,8-9,13H,2,7H2,1H3. The average Bonchev–Trinajstić information content (AvgIpc) is 3.05. The smallest absolute Gasteiger partial charge is 0.406 e. The first kappa shape index (κ1) is 17.7. The quantitative estimate of drug-likeness (QED) is 0.333. The fourth-order valence-electron chi connectivity index (χ4n) is 1.73. The maximum atomic E-state index is 14.6. The first-order chi connectivity index (χ1) is 11.4. The monoisotopic (exact) mass is 346 g/mol. The van der Waals surface area contributed by atoms with Crippen LogP contribution in [0, 0.1) is 0 Å². The SMILES string of the molecule is CCCON=C(c1ccc(OC(F)(F)F)cc1)C(F)n1cncn1. The van der Waals surface area contributed by atoms with Gasteiger partial charge in [0.1, 0.15) is 30.7 Å². The van der Waals surface area contributed by atoms with Crippen molar-refractivity contribution in [1.82, 2.24) is 14.8 Å². The van der Waals surface area contributed by atoms with E-state index in [0.717, 1.165) is 29.5 Å². The predicted molar refractivity (Wildman–Crippen MR) is 76.1 cm³/mol. The highest BCUT2D eigenvalue weighted by Gasteiger charge is 2.31. The van der Waals surface area contributed by atoms with Gasteiger partial charge in [-0.3, -0.25) is 0 Å². The molecule has 0 aliphatic carbocycles. The van der Waals surface area contributed by atoms with Crippen LogP contribution in [0.15, 0.2) is 42.1 Å². The van der Waals surface area contributed by atoms with Crippen LogP contribution in [-0.4, -0.2) is 33.4 Å². The van der Waals surface area contributed by atoms with Gasteiger partial charge in [-0.25, -0.2) is 14.1 Å². The van der Waals surface area contributed by atoms with Gasteiger partial charge in [-0.2, -0.15) is 5.10 Å². The van der Waals surface area contributed by atoms with Crippen LogP contribution in [0.1, 0.15) is 25.2 Å². The van der Waals surface area contributed by atoms with Crippen LogP contribution in [0.5, 0.6) is 5.75 Å². The van der Waals surface area contributed by atoms with Gasteiger partial charge in [-0.15, -0.1) is 13.2 Å². The lowest BCUT2D eigenvalue weighted by molar-refractivity contribution is -0.274. The zero-order valence-electron chi connectivity index (χ0n) is 12.6. The molecule has 0 spiro atoms. The zero-order chi connectivity index (χ0) is 17.6. The van der Waals surface area contributed by atoms with Crippen molar-refractivity contribution < 1.29 is 27.1 Å². The van der Waals surface area contributed by atoms with Gasteiger partial charge >= 0.3 is 6.36 Å². The third-order valence-corrected chi connectivity index (χ3v) is 2.74. The molecule has 0 N–H and O–H groups in total. The van der Waals surface area contributed by atoms with E-state index < -0.39 is 18.4 Å². The van der Waals surface area contributed by atoms with Gasteiger partial charge in [0, 0.05) is 5.56 Å². The van der Waals surface area contributed by atoms with Gasteiger partial charge < -0.3 is 9.57 Å². The molecule has 0 bridgehead atoms. The molecular formula is C14H14F4N4O2. The molecule has 6 nitrogen and oxygen atoms in total. The molecule has 1 heterocycles. The highest BCUT2D eigenvalue weighted by atomic mass is 19.4. The molecule has 0 aliphatic heterocycles. The number of halogens is 4. The molecule has 0 aliphatic rings. The van der Waals surface area contributed by atoms with Crippen molar-refractivity contribution in [3.63, 3.8) is 0 Å². The highest BCUT2D eigenvalue weighted by Crippen LogP contribution is 2.24. The maximum Gasteiger partial charge on any atom is 0.573 e. The van der Waals surface area contributed by atoms with Crippen LogP contribution in [-0.2, 0) is 4.84 Å². The van der Waals surface area contributed by atoms with E-state index in [9.17, 15) is 17.6 Å². The number of aromatic nitrogens is 3. The molecule has 1 atom stereocenters. The Hall–Kier alpha value is -2.65. The lowest BCUT2D eigenvalue weighted by Gasteiger charge is -2.13. The summed E-state index contributed by atoms with van der Waals surface area (Å²) in [5.41, 5.74) is 0.0798. The highest BCUT2D eigenvalue weighted by molar-refractivity contribution is 6.02. The summed E-state index contributed by atoms with van der Waals surface area (Å²) in [6.45, 7) is 2.12. The summed E-state index contributed by atoms with van der Waals surface area (Å²) in [7, 11) is 0. The Morgan fingerprint density at radius 3 is 2.54 bits per heavy atom. The molecule has 0 amide bonds. The number of hydrogen-bond donors (Lipinski definition) is 0. The van der Waals surface area contributed by atoms with E-state index in [1.165, 1.54) is 12.1 Å². The molecule has 0 radical (unpaired) electrons. The van der Waals surface area contributed by atoms with Crippen molar-refractivity contribution in [3.05, 3.63) is 42.5 Å². The van der Waals surface area contributed by atoms with Gasteiger partial charge in [-0.1, -0.05) is 12.1 Å². The van der Waals surface area contributed by atoms with E-state index in [0.29, 0.717) is 6.42 Å². The van der Waals surface area contributed by atoms with E-state index >= 15 is 0 Å². The molecule has 2 rings (SSSR count). The van der Waals surface area contributed by atoms with Crippen molar-refractivity contribution in [1.29, 1.82) is 0 Å². The van der Waals surface area contributed by atoms with Gasteiger partial charge in [0.2, 0.25) is 6.30 Å². The molecule has 1 unspecified atom stereocenters. The Kier molecular flexibility index (Phi) is 5.72. The minimum atomic E-state index is -4.80. The van der Waals surface area contributed by atoms with Gasteiger partial charge in [-0.05, 0) is 30.7 Å². The number of benzene rings is 1.